The fourth-order valence-corrected chi connectivity index (χ4v) is 4.10. The minimum absolute atomic E-state index is 0.204. The number of hydrogen-bond donors (Lipinski definition) is 0. The number of amides is 1. The normalized spacial score (nSPS) is 19.4. The number of rotatable bonds is 3. The van der Waals surface area contributed by atoms with Crippen molar-refractivity contribution in [2.75, 3.05) is 12.9 Å². The van der Waals surface area contributed by atoms with Crippen LogP contribution in [0.3, 0.4) is 0 Å². The van der Waals surface area contributed by atoms with Crippen LogP contribution in [0.25, 0.3) is 17.0 Å². The van der Waals surface area contributed by atoms with E-state index < -0.39 is 16.7 Å². The highest BCUT2D eigenvalue weighted by Crippen LogP contribution is 2.28. The van der Waals surface area contributed by atoms with Gasteiger partial charge in [0, 0.05) is 11.6 Å². The molecule has 1 aromatic carbocycles. The van der Waals surface area contributed by atoms with E-state index in [0.29, 0.717) is 11.0 Å². The number of nitrogens with zero attached hydrogens (tertiary/aromatic N) is 2. The van der Waals surface area contributed by atoms with E-state index in [0.717, 1.165) is 22.2 Å². The zero-order valence-electron chi connectivity index (χ0n) is 12.6. The first-order valence-electron chi connectivity index (χ1n) is 6.96. The minimum Gasteiger partial charge on any atom is -0.493 e. The lowest BCUT2D eigenvalue weighted by Crippen LogP contribution is -2.00. The molecule has 1 aromatic heterocycles. The summed E-state index contributed by atoms with van der Waals surface area (Å²) in [5.41, 5.74) is 1.57. The van der Waals surface area contributed by atoms with E-state index in [9.17, 15) is 9.00 Å². The zero-order valence-corrected chi connectivity index (χ0v) is 14.2. The van der Waals surface area contributed by atoms with Crippen LogP contribution in [0.15, 0.2) is 40.4 Å². The molecule has 0 saturated carbocycles. The monoisotopic (exact) mass is 346 g/mol. The summed E-state index contributed by atoms with van der Waals surface area (Å²) in [6.07, 6.45) is 5.07. The summed E-state index contributed by atoms with van der Waals surface area (Å²) in [6.45, 7) is 2.47. The second-order valence-corrected chi connectivity index (χ2v) is 7.10. The number of benzene rings is 1. The smallest absolute Gasteiger partial charge is 0.288 e. The van der Waals surface area contributed by atoms with Gasteiger partial charge in [-0.05, 0) is 43.0 Å². The summed E-state index contributed by atoms with van der Waals surface area (Å²) < 4.78 is 18.2. The van der Waals surface area contributed by atoms with Gasteiger partial charge in [-0.2, -0.15) is 4.99 Å². The first kappa shape index (κ1) is 15.9. The number of thioether (sulfide) groups is 1. The summed E-state index contributed by atoms with van der Waals surface area (Å²) in [5.74, 6) is 0.293. The lowest BCUT2D eigenvalue weighted by Gasteiger charge is -2.07. The lowest BCUT2D eigenvalue weighted by molar-refractivity contribution is -0.113. The molecule has 1 amide bonds. The maximum atomic E-state index is 12.2. The van der Waals surface area contributed by atoms with Crippen LogP contribution in [0.4, 0.5) is 0 Å². The second kappa shape index (κ2) is 6.64. The molecular formula is C16H14N2O3S2. The Kier molecular flexibility index (Phi) is 4.58. The summed E-state index contributed by atoms with van der Waals surface area (Å²) >= 11 is 1.23. The second-order valence-electron chi connectivity index (χ2n) is 4.68. The average molecular weight is 346 g/mol. The molecule has 0 spiro atoms. The molecule has 3 rings (SSSR count). The van der Waals surface area contributed by atoms with Crippen molar-refractivity contribution in [3.63, 3.8) is 0 Å². The van der Waals surface area contributed by atoms with Crippen molar-refractivity contribution in [3.8, 4) is 5.75 Å². The number of fused-ring (bicyclic) bond motifs is 1. The maximum Gasteiger partial charge on any atom is 0.288 e. The van der Waals surface area contributed by atoms with Crippen molar-refractivity contribution in [3.05, 3.63) is 40.9 Å². The molecule has 2 heterocycles. The Morgan fingerprint density at radius 2 is 2.17 bits per heavy atom. The van der Waals surface area contributed by atoms with E-state index in [1.165, 1.54) is 11.8 Å². The Hall–Kier alpha value is -1.99. The number of carbonyl (C=O) groups excluding carboxylic acids is 1. The highest BCUT2D eigenvalue weighted by Gasteiger charge is 2.28. The molecule has 1 aliphatic rings. The summed E-state index contributed by atoms with van der Waals surface area (Å²) in [6, 6.07) is 7.36. The van der Waals surface area contributed by atoms with E-state index in [4.69, 9.17) is 4.74 Å². The molecule has 5 nitrogen and oxygen atoms in total. The SMILES string of the molecule is CCOc1ccnc2ccc(C=C3C(=O)N=C(SC)S3=O)cc12. The predicted octanol–water partition coefficient (Wildman–Crippen LogP) is 2.98. The number of aliphatic imine (C=N–C) groups is 1. The molecule has 118 valence electrons. The molecule has 2 aromatic rings. The molecule has 1 aliphatic heterocycles. The molecule has 0 fully saturated rings. The van der Waals surface area contributed by atoms with Crippen LogP contribution in [0.2, 0.25) is 0 Å². The van der Waals surface area contributed by atoms with E-state index in [1.54, 1.807) is 24.6 Å². The molecule has 0 N–H and O–H groups in total. The lowest BCUT2D eigenvalue weighted by atomic mass is 10.1. The maximum absolute atomic E-state index is 12.2. The van der Waals surface area contributed by atoms with E-state index in [1.807, 2.05) is 25.1 Å². The molecule has 0 saturated heterocycles. The highest BCUT2D eigenvalue weighted by atomic mass is 32.2. The van der Waals surface area contributed by atoms with Gasteiger partial charge in [-0.15, -0.1) is 0 Å². The summed E-state index contributed by atoms with van der Waals surface area (Å²) in [5, 5.41) is 0.853. The van der Waals surface area contributed by atoms with Gasteiger partial charge in [0.05, 0.1) is 12.1 Å². The minimum atomic E-state index is -1.49. The van der Waals surface area contributed by atoms with Crippen LogP contribution in [-0.2, 0) is 15.6 Å². The van der Waals surface area contributed by atoms with Gasteiger partial charge in [0.2, 0.25) is 0 Å². The Balaban J connectivity index is 2.05. The van der Waals surface area contributed by atoms with Crippen molar-refractivity contribution >= 4 is 49.8 Å². The van der Waals surface area contributed by atoms with Gasteiger partial charge >= 0.3 is 0 Å². The molecule has 0 bridgehead atoms. The molecule has 7 heteroatoms. The first-order chi connectivity index (χ1) is 11.1. The first-order valence-corrected chi connectivity index (χ1v) is 9.33. The van der Waals surface area contributed by atoms with Crippen LogP contribution < -0.4 is 4.74 Å². The highest BCUT2D eigenvalue weighted by molar-refractivity contribution is 8.34. The van der Waals surface area contributed by atoms with Crippen molar-refractivity contribution < 1.29 is 13.7 Å². The van der Waals surface area contributed by atoms with Crippen LogP contribution in [0.1, 0.15) is 12.5 Å². The van der Waals surface area contributed by atoms with E-state index in [-0.39, 0.29) is 4.91 Å². The van der Waals surface area contributed by atoms with Gasteiger partial charge in [-0.3, -0.25) is 9.78 Å². The van der Waals surface area contributed by atoms with Gasteiger partial charge in [-0.1, -0.05) is 17.8 Å². The molecule has 1 unspecified atom stereocenters. The Morgan fingerprint density at radius 1 is 1.35 bits per heavy atom. The fraction of sp³-hybridized carbons (Fsp3) is 0.188. The molecule has 0 radical (unpaired) electrons. The van der Waals surface area contributed by atoms with Crippen LogP contribution in [0, 0.1) is 0 Å². The molecule has 1 atom stereocenters. The fourth-order valence-electron chi connectivity index (χ4n) is 2.25. The number of hydrogen-bond acceptors (Lipinski definition) is 5. The van der Waals surface area contributed by atoms with Gasteiger partial charge in [-0.25, -0.2) is 4.21 Å². The number of aromatic nitrogens is 1. The largest absolute Gasteiger partial charge is 0.493 e. The topological polar surface area (TPSA) is 68.6 Å². The number of ether oxygens (including phenoxy) is 1. The standard InChI is InChI=1S/C16H14N2O3S2/c1-3-21-13-6-7-17-12-5-4-10(8-11(12)13)9-14-15(19)18-16(22-2)23(14)20/h4-9H,3H2,1-2H3. The van der Waals surface area contributed by atoms with Crippen LogP contribution in [0.5, 0.6) is 5.75 Å². The number of carbonyl (C=O) groups is 1. The molecule has 23 heavy (non-hydrogen) atoms. The van der Waals surface area contributed by atoms with Gasteiger partial charge in [0.25, 0.3) is 5.91 Å². The number of pyridine rings is 1. The third-order valence-electron chi connectivity index (χ3n) is 3.26. The quantitative estimate of drug-likeness (QED) is 0.799. The van der Waals surface area contributed by atoms with Crippen molar-refractivity contribution in [2.45, 2.75) is 6.92 Å². The van der Waals surface area contributed by atoms with Gasteiger partial charge < -0.3 is 4.74 Å². The van der Waals surface area contributed by atoms with Crippen molar-refractivity contribution in [1.82, 2.24) is 4.98 Å². The molecular weight excluding hydrogens is 332 g/mol. The average Bonchev–Trinajstić information content (AvgIpc) is 2.83. The van der Waals surface area contributed by atoms with Crippen LogP contribution >= 0.6 is 11.8 Å². The van der Waals surface area contributed by atoms with Crippen molar-refractivity contribution in [1.29, 1.82) is 0 Å². The van der Waals surface area contributed by atoms with Crippen LogP contribution in [-0.4, -0.2) is 32.3 Å². The molecule has 0 aliphatic carbocycles. The zero-order chi connectivity index (χ0) is 16.4. The van der Waals surface area contributed by atoms with E-state index >= 15 is 0 Å². The third-order valence-corrected chi connectivity index (χ3v) is 5.75. The van der Waals surface area contributed by atoms with Gasteiger partial charge in [0.15, 0.2) is 4.38 Å². The Bertz CT molecular complexity index is 875. The Labute approximate surface area is 140 Å². The predicted molar refractivity (Wildman–Crippen MR) is 95.0 cm³/mol. The summed E-state index contributed by atoms with van der Waals surface area (Å²) in [7, 11) is -1.49. The van der Waals surface area contributed by atoms with E-state index in [2.05, 4.69) is 9.98 Å². The van der Waals surface area contributed by atoms with Gasteiger partial charge in [0.1, 0.15) is 21.5 Å². The van der Waals surface area contributed by atoms with Crippen molar-refractivity contribution in [2.24, 2.45) is 4.99 Å². The summed E-state index contributed by atoms with van der Waals surface area (Å²) in [4.78, 5) is 20.2. The Morgan fingerprint density at radius 3 is 2.87 bits per heavy atom. The third kappa shape index (κ3) is 3.07.